The molecule has 2 aromatic heterocycles. The van der Waals surface area contributed by atoms with Crippen molar-refractivity contribution >= 4 is 5.82 Å². The number of pyridine rings is 2. The summed E-state index contributed by atoms with van der Waals surface area (Å²) in [7, 11) is 2.05. The van der Waals surface area contributed by atoms with Crippen molar-refractivity contribution in [2.45, 2.75) is 32.9 Å². The highest BCUT2D eigenvalue weighted by Crippen LogP contribution is 2.19. The van der Waals surface area contributed by atoms with E-state index in [2.05, 4.69) is 33.9 Å². The van der Waals surface area contributed by atoms with Gasteiger partial charge in [-0.05, 0) is 43.0 Å². The first-order valence-corrected chi connectivity index (χ1v) is 6.87. The molecular weight excluding hydrogens is 248 g/mol. The fourth-order valence-corrected chi connectivity index (χ4v) is 2.35. The zero-order valence-corrected chi connectivity index (χ0v) is 12.4. The first kappa shape index (κ1) is 14.5. The van der Waals surface area contributed by atoms with Gasteiger partial charge in [0.15, 0.2) is 0 Å². The Bertz CT molecular complexity index is 552. The SMILES string of the molecule is Cc1cc(CC(C)N)cnc1N(C)Cc1cccnc1. The van der Waals surface area contributed by atoms with Crippen LogP contribution in [-0.2, 0) is 13.0 Å². The van der Waals surface area contributed by atoms with Crippen LogP contribution in [0.3, 0.4) is 0 Å². The van der Waals surface area contributed by atoms with Crippen LogP contribution in [0.25, 0.3) is 0 Å². The molecule has 0 aliphatic carbocycles. The second-order valence-electron chi connectivity index (χ2n) is 5.38. The third-order valence-electron chi connectivity index (χ3n) is 3.17. The van der Waals surface area contributed by atoms with E-state index in [0.29, 0.717) is 0 Å². The quantitative estimate of drug-likeness (QED) is 0.906. The Kier molecular flexibility index (Phi) is 4.69. The first-order chi connectivity index (χ1) is 9.56. The largest absolute Gasteiger partial charge is 0.355 e. The summed E-state index contributed by atoms with van der Waals surface area (Å²) >= 11 is 0. The van der Waals surface area contributed by atoms with Gasteiger partial charge < -0.3 is 10.6 Å². The summed E-state index contributed by atoms with van der Waals surface area (Å²) in [6.07, 6.45) is 6.46. The number of aryl methyl sites for hydroxylation is 1. The number of nitrogens with zero attached hydrogens (tertiary/aromatic N) is 3. The van der Waals surface area contributed by atoms with E-state index in [1.165, 1.54) is 16.7 Å². The second kappa shape index (κ2) is 6.48. The molecule has 0 aliphatic heterocycles. The van der Waals surface area contributed by atoms with Crippen LogP contribution in [0.5, 0.6) is 0 Å². The third kappa shape index (κ3) is 3.78. The maximum atomic E-state index is 5.83. The minimum Gasteiger partial charge on any atom is -0.355 e. The van der Waals surface area contributed by atoms with Crippen LogP contribution in [0.4, 0.5) is 5.82 Å². The van der Waals surface area contributed by atoms with Gasteiger partial charge in [-0.15, -0.1) is 0 Å². The topological polar surface area (TPSA) is 55.0 Å². The van der Waals surface area contributed by atoms with E-state index in [1.807, 2.05) is 32.4 Å². The van der Waals surface area contributed by atoms with Crippen molar-refractivity contribution in [3.63, 3.8) is 0 Å². The smallest absolute Gasteiger partial charge is 0.131 e. The highest BCUT2D eigenvalue weighted by atomic mass is 15.2. The highest BCUT2D eigenvalue weighted by Gasteiger charge is 2.08. The van der Waals surface area contributed by atoms with Crippen LogP contribution in [0, 0.1) is 6.92 Å². The molecule has 0 radical (unpaired) electrons. The number of hydrogen-bond acceptors (Lipinski definition) is 4. The average Bonchev–Trinajstić information content (AvgIpc) is 2.39. The normalized spacial score (nSPS) is 12.2. The van der Waals surface area contributed by atoms with Crippen molar-refractivity contribution < 1.29 is 0 Å². The van der Waals surface area contributed by atoms with E-state index in [-0.39, 0.29) is 6.04 Å². The number of nitrogens with two attached hydrogens (primary N) is 1. The van der Waals surface area contributed by atoms with Crippen LogP contribution < -0.4 is 10.6 Å². The molecule has 0 aliphatic rings. The van der Waals surface area contributed by atoms with Crippen LogP contribution in [0.15, 0.2) is 36.8 Å². The standard InChI is InChI=1S/C16H22N4/c1-12-7-15(8-13(2)17)10-19-16(12)20(3)11-14-5-4-6-18-9-14/h4-7,9-10,13H,8,11,17H2,1-3H3. The minimum atomic E-state index is 0.162. The van der Waals surface area contributed by atoms with Crippen molar-refractivity contribution in [1.29, 1.82) is 0 Å². The lowest BCUT2D eigenvalue weighted by molar-refractivity contribution is 0.734. The van der Waals surface area contributed by atoms with E-state index in [1.54, 1.807) is 6.20 Å². The van der Waals surface area contributed by atoms with Gasteiger partial charge in [-0.1, -0.05) is 12.1 Å². The van der Waals surface area contributed by atoms with Gasteiger partial charge in [0.05, 0.1) is 0 Å². The molecule has 0 fully saturated rings. The fraction of sp³-hybridized carbons (Fsp3) is 0.375. The zero-order chi connectivity index (χ0) is 14.5. The number of aromatic nitrogens is 2. The number of rotatable bonds is 5. The van der Waals surface area contributed by atoms with Crippen molar-refractivity contribution in [3.8, 4) is 0 Å². The molecule has 4 nitrogen and oxygen atoms in total. The number of hydrogen-bond donors (Lipinski definition) is 1. The maximum absolute atomic E-state index is 5.83. The van der Waals surface area contributed by atoms with Crippen molar-refractivity contribution in [1.82, 2.24) is 9.97 Å². The summed E-state index contributed by atoms with van der Waals surface area (Å²) in [5.74, 6) is 1.00. The van der Waals surface area contributed by atoms with Crippen LogP contribution in [-0.4, -0.2) is 23.1 Å². The molecule has 1 unspecified atom stereocenters. The highest BCUT2D eigenvalue weighted by molar-refractivity contribution is 5.47. The summed E-state index contributed by atoms with van der Waals surface area (Å²) in [5, 5.41) is 0. The molecule has 4 heteroatoms. The van der Waals surface area contributed by atoms with E-state index < -0.39 is 0 Å². The van der Waals surface area contributed by atoms with Crippen molar-refractivity contribution in [2.24, 2.45) is 5.73 Å². The minimum absolute atomic E-state index is 0.162. The van der Waals surface area contributed by atoms with Gasteiger partial charge in [-0.25, -0.2) is 4.98 Å². The molecule has 2 rings (SSSR count). The van der Waals surface area contributed by atoms with Gasteiger partial charge in [0.1, 0.15) is 5.82 Å². The monoisotopic (exact) mass is 270 g/mol. The molecule has 2 N–H and O–H groups in total. The van der Waals surface area contributed by atoms with Crippen molar-refractivity contribution in [3.05, 3.63) is 53.5 Å². The third-order valence-corrected chi connectivity index (χ3v) is 3.17. The summed E-state index contributed by atoms with van der Waals surface area (Å²) in [5.41, 5.74) is 9.37. The second-order valence-corrected chi connectivity index (χ2v) is 5.38. The van der Waals surface area contributed by atoms with Gasteiger partial charge in [0.2, 0.25) is 0 Å². The molecule has 0 aromatic carbocycles. The Morgan fingerprint density at radius 1 is 1.30 bits per heavy atom. The number of anilines is 1. The average molecular weight is 270 g/mol. The van der Waals surface area contributed by atoms with Crippen LogP contribution in [0.1, 0.15) is 23.6 Å². The van der Waals surface area contributed by atoms with E-state index in [0.717, 1.165) is 18.8 Å². The van der Waals surface area contributed by atoms with Crippen LogP contribution in [0.2, 0.25) is 0 Å². The van der Waals surface area contributed by atoms with Crippen LogP contribution >= 0.6 is 0 Å². The van der Waals surface area contributed by atoms with Crippen molar-refractivity contribution in [2.75, 3.05) is 11.9 Å². The Morgan fingerprint density at radius 3 is 2.70 bits per heavy atom. The van der Waals surface area contributed by atoms with E-state index in [4.69, 9.17) is 5.73 Å². The molecule has 20 heavy (non-hydrogen) atoms. The fourth-order valence-electron chi connectivity index (χ4n) is 2.35. The predicted molar refractivity (Wildman–Crippen MR) is 82.7 cm³/mol. The summed E-state index contributed by atoms with van der Waals surface area (Å²) in [6.45, 7) is 4.90. The lowest BCUT2D eigenvalue weighted by Gasteiger charge is -2.20. The molecule has 0 saturated carbocycles. The molecule has 2 heterocycles. The Morgan fingerprint density at radius 2 is 2.10 bits per heavy atom. The summed E-state index contributed by atoms with van der Waals surface area (Å²) < 4.78 is 0. The molecule has 0 saturated heterocycles. The van der Waals surface area contributed by atoms with Gasteiger partial charge in [0.25, 0.3) is 0 Å². The maximum Gasteiger partial charge on any atom is 0.131 e. The van der Waals surface area contributed by atoms with E-state index >= 15 is 0 Å². The van der Waals surface area contributed by atoms with Gasteiger partial charge in [-0.3, -0.25) is 4.98 Å². The Labute approximate surface area is 120 Å². The van der Waals surface area contributed by atoms with E-state index in [9.17, 15) is 0 Å². The Hall–Kier alpha value is -1.94. The first-order valence-electron chi connectivity index (χ1n) is 6.87. The Balaban J connectivity index is 2.12. The summed E-state index contributed by atoms with van der Waals surface area (Å²) in [6, 6.07) is 6.36. The van der Waals surface area contributed by atoms with Gasteiger partial charge in [0, 0.05) is 38.2 Å². The zero-order valence-electron chi connectivity index (χ0n) is 12.4. The van der Waals surface area contributed by atoms with Gasteiger partial charge >= 0.3 is 0 Å². The van der Waals surface area contributed by atoms with Gasteiger partial charge in [-0.2, -0.15) is 0 Å². The molecule has 1 atom stereocenters. The predicted octanol–water partition coefficient (Wildman–Crippen LogP) is 2.31. The molecule has 2 aromatic rings. The summed E-state index contributed by atoms with van der Waals surface area (Å²) in [4.78, 5) is 10.9. The lowest BCUT2D eigenvalue weighted by atomic mass is 10.1. The lowest BCUT2D eigenvalue weighted by Crippen LogP contribution is -2.20. The molecule has 0 spiro atoms. The molecule has 0 bridgehead atoms. The molecule has 106 valence electrons. The molecular formula is C16H22N4. The molecule has 0 amide bonds.